The van der Waals surface area contributed by atoms with Crippen LogP contribution >= 0.6 is 0 Å². The van der Waals surface area contributed by atoms with Crippen molar-refractivity contribution in [3.8, 4) is 12.3 Å². The van der Waals surface area contributed by atoms with Crippen molar-refractivity contribution < 1.29 is 9.53 Å². The van der Waals surface area contributed by atoms with Crippen molar-refractivity contribution in [1.29, 1.82) is 0 Å². The summed E-state index contributed by atoms with van der Waals surface area (Å²) < 4.78 is 5.44. The lowest BCUT2D eigenvalue weighted by atomic mass is 10.0. The van der Waals surface area contributed by atoms with Crippen LogP contribution in [-0.4, -0.2) is 23.2 Å². The summed E-state index contributed by atoms with van der Waals surface area (Å²) in [4.78, 5) is 17.8. The molecule has 1 aliphatic heterocycles. The van der Waals surface area contributed by atoms with E-state index in [9.17, 15) is 4.79 Å². The van der Waals surface area contributed by atoms with Gasteiger partial charge in [-0.1, -0.05) is 5.92 Å². The number of hydrogen-bond donors (Lipinski definition) is 0. The third-order valence-corrected chi connectivity index (χ3v) is 2.94. The van der Waals surface area contributed by atoms with Crippen molar-refractivity contribution in [2.45, 2.75) is 32.3 Å². The van der Waals surface area contributed by atoms with Crippen LogP contribution in [0.2, 0.25) is 0 Å². The third-order valence-electron chi connectivity index (χ3n) is 2.94. The number of ether oxygens (including phenoxy) is 1. The fourth-order valence-corrected chi connectivity index (χ4v) is 2.01. The minimum absolute atomic E-state index is 0.382. The lowest BCUT2D eigenvalue weighted by Crippen LogP contribution is -2.35. The molecule has 0 bridgehead atoms. The Labute approximate surface area is 107 Å². The van der Waals surface area contributed by atoms with E-state index in [1.54, 1.807) is 18.3 Å². The number of anilines is 1. The lowest BCUT2D eigenvalue weighted by molar-refractivity contribution is 0.0449. The molecule has 2 heterocycles. The molecule has 1 saturated heterocycles. The smallest absolute Gasteiger partial charge is 0.416 e. The fraction of sp³-hybridized carbons (Fsp3) is 0.429. The van der Waals surface area contributed by atoms with Gasteiger partial charge in [-0.2, -0.15) is 0 Å². The maximum Gasteiger partial charge on any atom is 0.416 e. The molecule has 94 valence electrons. The molecular formula is C14H16N2O2. The standard InChI is InChI=1S/C14H16N2O2/c1-4-11-7-5-9-15-12(11)16-10-6-8-14(2,3)18-13(16)17/h1,5,7,9H,6,8,10H2,2-3H3. The number of hydrogen-bond acceptors (Lipinski definition) is 3. The molecule has 1 aliphatic rings. The van der Waals surface area contributed by atoms with Crippen LogP contribution < -0.4 is 4.90 Å². The van der Waals surface area contributed by atoms with Gasteiger partial charge in [0.05, 0.1) is 5.56 Å². The Morgan fingerprint density at radius 3 is 3.06 bits per heavy atom. The predicted molar refractivity (Wildman–Crippen MR) is 69.3 cm³/mol. The van der Waals surface area contributed by atoms with E-state index in [-0.39, 0.29) is 6.09 Å². The molecule has 4 heteroatoms. The molecule has 0 atom stereocenters. The summed E-state index contributed by atoms with van der Waals surface area (Å²) in [5.41, 5.74) is 0.172. The molecule has 0 aromatic carbocycles. The molecule has 0 radical (unpaired) electrons. The second kappa shape index (κ2) is 4.69. The Morgan fingerprint density at radius 2 is 2.33 bits per heavy atom. The SMILES string of the molecule is C#Cc1cccnc1N1CCCC(C)(C)OC1=O. The summed E-state index contributed by atoms with van der Waals surface area (Å²) in [6, 6.07) is 3.53. The molecular weight excluding hydrogens is 228 g/mol. The van der Waals surface area contributed by atoms with E-state index in [0.717, 1.165) is 12.8 Å². The van der Waals surface area contributed by atoms with E-state index in [1.807, 2.05) is 13.8 Å². The monoisotopic (exact) mass is 244 g/mol. The average Bonchev–Trinajstić information content (AvgIpc) is 2.46. The number of carbonyl (C=O) groups excluding carboxylic acids is 1. The fourth-order valence-electron chi connectivity index (χ4n) is 2.01. The summed E-state index contributed by atoms with van der Waals surface area (Å²) in [6.07, 6.45) is 8.36. The number of terminal acetylenes is 1. The number of aromatic nitrogens is 1. The molecule has 1 fully saturated rings. The zero-order valence-corrected chi connectivity index (χ0v) is 10.6. The minimum Gasteiger partial charge on any atom is -0.443 e. The molecule has 1 aromatic rings. The molecule has 18 heavy (non-hydrogen) atoms. The molecule has 2 rings (SSSR count). The number of carbonyl (C=O) groups is 1. The summed E-state index contributed by atoms with van der Waals surface area (Å²) in [7, 11) is 0. The second-order valence-corrected chi connectivity index (χ2v) is 4.90. The van der Waals surface area contributed by atoms with Crippen molar-refractivity contribution in [2.24, 2.45) is 0 Å². The highest BCUT2D eigenvalue weighted by molar-refractivity contribution is 5.88. The normalized spacial score (nSPS) is 18.7. The Balaban J connectivity index is 2.33. The molecule has 1 amide bonds. The van der Waals surface area contributed by atoms with Gasteiger partial charge < -0.3 is 4.74 Å². The van der Waals surface area contributed by atoms with Crippen LogP contribution in [0.25, 0.3) is 0 Å². The molecule has 0 saturated carbocycles. The molecule has 4 nitrogen and oxygen atoms in total. The van der Waals surface area contributed by atoms with E-state index in [0.29, 0.717) is 17.9 Å². The number of nitrogens with zero attached hydrogens (tertiary/aromatic N) is 2. The van der Waals surface area contributed by atoms with Crippen molar-refractivity contribution in [1.82, 2.24) is 4.98 Å². The topological polar surface area (TPSA) is 42.4 Å². The highest BCUT2D eigenvalue weighted by Crippen LogP contribution is 2.26. The summed E-state index contributed by atoms with van der Waals surface area (Å²) in [5.74, 6) is 3.05. The molecule has 1 aromatic heterocycles. The predicted octanol–water partition coefficient (Wildman–Crippen LogP) is 2.58. The summed E-state index contributed by atoms with van der Waals surface area (Å²) in [6.45, 7) is 4.40. The van der Waals surface area contributed by atoms with Crippen LogP contribution in [0.3, 0.4) is 0 Å². The lowest BCUT2D eigenvalue weighted by Gasteiger charge is -2.24. The largest absolute Gasteiger partial charge is 0.443 e. The van der Waals surface area contributed by atoms with Crippen LogP contribution in [0.4, 0.5) is 10.6 Å². The Morgan fingerprint density at radius 1 is 1.56 bits per heavy atom. The van der Waals surface area contributed by atoms with Gasteiger partial charge in [0, 0.05) is 12.7 Å². The van der Waals surface area contributed by atoms with Gasteiger partial charge in [-0.15, -0.1) is 6.42 Å². The number of rotatable bonds is 1. The van der Waals surface area contributed by atoms with E-state index >= 15 is 0 Å². The quantitative estimate of drug-likeness (QED) is 0.713. The van der Waals surface area contributed by atoms with E-state index in [4.69, 9.17) is 11.2 Å². The van der Waals surface area contributed by atoms with Gasteiger partial charge in [-0.3, -0.25) is 4.90 Å². The van der Waals surface area contributed by atoms with E-state index in [2.05, 4.69) is 10.9 Å². The molecule has 0 N–H and O–H groups in total. The van der Waals surface area contributed by atoms with Gasteiger partial charge in [0.2, 0.25) is 0 Å². The zero-order valence-electron chi connectivity index (χ0n) is 10.6. The average molecular weight is 244 g/mol. The van der Waals surface area contributed by atoms with Crippen LogP contribution in [0.1, 0.15) is 32.3 Å². The van der Waals surface area contributed by atoms with E-state index < -0.39 is 5.60 Å². The third kappa shape index (κ3) is 2.45. The Hall–Kier alpha value is -2.02. The van der Waals surface area contributed by atoms with Crippen molar-refractivity contribution >= 4 is 11.9 Å². The first-order valence-corrected chi connectivity index (χ1v) is 5.96. The van der Waals surface area contributed by atoms with Crippen LogP contribution in [0.15, 0.2) is 18.3 Å². The first-order valence-electron chi connectivity index (χ1n) is 5.96. The minimum atomic E-state index is -0.434. The van der Waals surface area contributed by atoms with Crippen LogP contribution in [0.5, 0.6) is 0 Å². The summed E-state index contributed by atoms with van der Waals surface area (Å²) in [5, 5.41) is 0. The number of cyclic esters (lactones) is 1. The van der Waals surface area contributed by atoms with Gasteiger partial charge in [0.25, 0.3) is 0 Å². The summed E-state index contributed by atoms with van der Waals surface area (Å²) >= 11 is 0. The highest BCUT2D eigenvalue weighted by Gasteiger charge is 2.31. The van der Waals surface area contributed by atoms with E-state index in [1.165, 1.54) is 4.90 Å². The van der Waals surface area contributed by atoms with Gasteiger partial charge in [-0.05, 0) is 38.8 Å². The van der Waals surface area contributed by atoms with Gasteiger partial charge in [0.1, 0.15) is 5.60 Å². The molecule has 0 aliphatic carbocycles. The Kier molecular flexibility index (Phi) is 3.24. The van der Waals surface area contributed by atoms with Crippen molar-refractivity contribution in [3.05, 3.63) is 23.9 Å². The first kappa shape index (κ1) is 12.4. The second-order valence-electron chi connectivity index (χ2n) is 4.90. The van der Waals surface area contributed by atoms with Gasteiger partial charge in [-0.25, -0.2) is 9.78 Å². The van der Waals surface area contributed by atoms with Crippen LogP contribution in [-0.2, 0) is 4.74 Å². The zero-order chi connectivity index (χ0) is 13.2. The van der Waals surface area contributed by atoms with Crippen molar-refractivity contribution in [2.75, 3.05) is 11.4 Å². The Bertz CT molecular complexity index is 503. The number of pyridine rings is 1. The molecule has 0 unspecified atom stereocenters. The van der Waals surface area contributed by atoms with Crippen molar-refractivity contribution in [3.63, 3.8) is 0 Å². The maximum absolute atomic E-state index is 12.1. The number of amides is 1. The molecule has 0 spiro atoms. The highest BCUT2D eigenvalue weighted by atomic mass is 16.6. The van der Waals surface area contributed by atoms with Gasteiger partial charge >= 0.3 is 6.09 Å². The maximum atomic E-state index is 12.1. The first-order chi connectivity index (χ1) is 8.53. The van der Waals surface area contributed by atoms with Crippen LogP contribution in [0, 0.1) is 12.3 Å². The van der Waals surface area contributed by atoms with Gasteiger partial charge in [0.15, 0.2) is 5.82 Å².